The van der Waals surface area contributed by atoms with Gasteiger partial charge in [0.15, 0.2) is 0 Å². The average Bonchev–Trinajstić information content (AvgIpc) is 3.14. The van der Waals surface area contributed by atoms with Crippen molar-refractivity contribution in [3.05, 3.63) is 36.0 Å². The molecular weight excluding hydrogens is 374 g/mol. The molecule has 1 atom stereocenters. The molecule has 2 fully saturated rings. The molecular formula is C19H23N7O3. The van der Waals surface area contributed by atoms with E-state index in [1.165, 1.54) is 6.20 Å². The highest BCUT2D eigenvalue weighted by Crippen LogP contribution is 2.26. The number of carbonyl (C=O) groups excluding carboxylic acids is 2. The second-order valence-corrected chi connectivity index (χ2v) is 7.09. The van der Waals surface area contributed by atoms with Crippen molar-refractivity contribution >= 4 is 35.1 Å². The largest absolute Gasteiger partial charge is 0.447 e. The molecule has 0 spiro atoms. The Hall–Kier alpha value is -3.40. The molecule has 0 saturated carbocycles. The average molecular weight is 397 g/mol. The van der Waals surface area contributed by atoms with Gasteiger partial charge >= 0.3 is 6.09 Å². The van der Waals surface area contributed by atoms with Crippen LogP contribution in [0.15, 0.2) is 30.5 Å². The third-order valence-electron chi connectivity index (χ3n) is 4.96. The molecule has 152 valence electrons. The van der Waals surface area contributed by atoms with Gasteiger partial charge in [-0.05, 0) is 31.0 Å². The molecule has 1 aromatic carbocycles. The van der Waals surface area contributed by atoms with Gasteiger partial charge in [0.1, 0.15) is 18.0 Å². The Morgan fingerprint density at radius 2 is 2.17 bits per heavy atom. The van der Waals surface area contributed by atoms with E-state index >= 15 is 0 Å². The molecule has 1 aromatic heterocycles. The summed E-state index contributed by atoms with van der Waals surface area (Å²) in [6, 6.07) is 7.28. The lowest BCUT2D eigenvalue weighted by Crippen LogP contribution is -2.43. The third kappa shape index (κ3) is 4.06. The lowest BCUT2D eigenvalue weighted by Gasteiger charge is -2.31. The van der Waals surface area contributed by atoms with Crippen LogP contribution in [0, 0.1) is 0 Å². The molecule has 2 amide bonds. The predicted molar refractivity (Wildman–Crippen MR) is 108 cm³/mol. The summed E-state index contributed by atoms with van der Waals surface area (Å²) < 4.78 is 4.99. The number of cyclic esters (lactones) is 1. The molecule has 5 N–H and O–H groups in total. The van der Waals surface area contributed by atoms with Gasteiger partial charge in [-0.15, -0.1) is 0 Å². The second kappa shape index (κ2) is 7.92. The first-order chi connectivity index (χ1) is 14.0. The van der Waals surface area contributed by atoms with E-state index in [4.69, 9.17) is 16.2 Å². The van der Waals surface area contributed by atoms with E-state index in [0.717, 1.165) is 19.4 Å². The highest BCUT2D eigenvalue weighted by molar-refractivity contribution is 5.98. The molecule has 4 rings (SSSR count). The van der Waals surface area contributed by atoms with Gasteiger partial charge in [0, 0.05) is 36.7 Å². The van der Waals surface area contributed by atoms with E-state index < -0.39 is 5.91 Å². The lowest BCUT2D eigenvalue weighted by atomic mass is 10.1. The van der Waals surface area contributed by atoms with Crippen LogP contribution in [-0.4, -0.2) is 54.3 Å². The smallest absolute Gasteiger partial charge is 0.414 e. The molecule has 2 saturated heterocycles. The zero-order valence-corrected chi connectivity index (χ0v) is 15.9. The number of ether oxygens (including phenoxy) is 1. The van der Waals surface area contributed by atoms with E-state index in [2.05, 4.69) is 15.3 Å². The number of amides is 2. The van der Waals surface area contributed by atoms with Crippen molar-refractivity contribution in [2.45, 2.75) is 18.9 Å². The van der Waals surface area contributed by atoms with Gasteiger partial charge in [-0.1, -0.05) is 6.07 Å². The molecule has 2 aliphatic heterocycles. The quantitative estimate of drug-likeness (QED) is 0.684. The molecule has 2 aromatic rings. The van der Waals surface area contributed by atoms with Crippen molar-refractivity contribution < 1.29 is 14.3 Å². The summed E-state index contributed by atoms with van der Waals surface area (Å²) in [5.41, 5.74) is 13.1. The Balaban J connectivity index is 1.62. The minimum absolute atomic E-state index is 0.0662. The number of hydrogen-bond acceptors (Lipinski definition) is 8. The van der Waals surface area contributed by atoms with E-state index in [-0.39, 0.29) is 17.7 Å². The van der Waals surface area contributed by atoms with Crippen LogP contribution in [-0.2, 0) is 4.74 Å². The number of rotatable bonds is 5. The zero-order chi connectivity index (χ0) is 20.4. The van der Waals surface area contributed by atoms with Gasteiger partial charge in [0.25, 0.3) is 5.91 Å². The van der Waals surface area contributed by atoms with E-state index in [1.807, 2.05) is 17.0 Å². The molecule has 2 aliphatic rings. The SMILES string of the molecule is NC(=O)c1cnc(N2CCCC(N)C2)nc1Nc1cccc(N2CCOC2=O)c1. The molecule has 10 heteroatoms. The fourth-order valence-electron chi connectivity index (χ4n) is 3.51. The van der Waals surface area contributed by atoms with Crippen molar-refractivity contribution in [2.24, 2.45) is 11.5 Å². The summed E-state index contributed by atoms with van der Waals surface area (Å²) in [6.45, 7) is 2.30. The minimum Gasteiger partial charge on any atom is -0.447 e. The third-order valence-corrected chi connectivity index (χ3v) is 4.96. The molecule has 0 aliphatic carbocycles. The summed E-state index contributed by atoms with van der Waals surface area (Å²) in [5.74, 6) is 0.170. The van der Waals surface area contributed by atoms with Crippen LogP contribution < -0.4 is 26.6 Å². The Kier molecular flexibility index (Phi) is 5.17. The number of hydrogen-bond donors (Lipinski definition) is 3. The number of nitrogens with zero attached hydrogens (tertiary/aromatic N) is 4. The summed E-state index contributed by atoms with van der Waals surface area (Å²) >= 11 is 0. The van der Waals surface area contributed by atoms with Gasteiger partial charge in [0.05, 0.1) is 6.54 Å². The standard InChI is InChI=1S/C19H23N7O3/c20-12-3-2-6-25(11-12)18-22-10-15(16(21)27)17(24-18)23-13-4-1-5-14(9-13)26-7-8-29-19(26)28/h1,4-5,9-10,12H,2-3,6-8,11,20H2,(H2,21,27)(H,22,23,24). The number of benzene rings is 1. The fraction of sp³-hybridized carbons (Fsp3) is 0.368. The molecule has 29 heavy (non-hydrogen) atoms. The van der Waals surface area contributed by atoms with E-state index in [9.17, 15) is 9.59 Å². The zero-order valence-electron chi connectivity index (χ0n) is 15.9. The maximum atomic E-state index is 11.9. The van der Waals surface area contributed by atoms with Gasteiger partial charge < -0.3 is 26.4 Å². The van der Waals surface area contributed by atoms with Gasteiger partial charge in [-0.2, -0.15) is 4.98 Å². The monoisotopic (exact) mass is 397 g/mol. The molecule has 10 nitrogen and oxygen atoms in total. The lowest BCUT2D eigenvalue weighted by molar-refractivity contribution is 0.100. The van der Waals surface area contributed by atoms with Crippen molar-refractivity contribution in [1.82, 2.24) is 9.97 Å². The van der Waals surface area contributed by atoms with Crippen molar-refractivity contribution in [3.63, 3.8) is 0 Å². The first-order valence-corrected chi connectivity index (χ1v) is 9.50. The van der Waals surface area contributed by atoms with Crippen LogP contribution >= 0.6 is 0 Å². The fourth-order valence-corrected chi connectivity index (χ4v) is 3.51. The van der Waals surface area contributed by atoms with Crippen molar-refractivity contribution in [3.8, 4) is 0 Å². The number of aromatic nitrogens is 2. The van der Waals surface area contributed by atoms with Crippen LogP contribution in [0.3, 0.4) is 0 Å². The number of primary amides is 1. The first kappa shape index (κ1) is 18.9. The Bertz CT molecular complexity index is 936. The van der Waals surface area contributed by atoms with Crippen molar-refractivity contribution in [1.29, 1.82) is 0 Å². The Morgan fingerprint density at radius 1 is 1.31 bits per heavy atom. The summed E-state index contributed by atoms with van der Waals surface area (Å²) in [5, 5.41) is 3.13. The number of nitrogens with one attached hydrogen (secondary N) is 1. The molecule has 1 unspecified atom stereocenters. The van der Waals surface area contributed by atoms with Crippen LogP contribution in [0.5, 0.6) is 0 Å². The second-order valence-electron chi connectivity index (χ2n) is 7.09. The van der Waals surface area contributed by atoms with Crippen LogP contribution in [0.2, 0.25) is 0 Å². The maximum Gasteiger partial charge on any atom is 0.414 e. The van der Waals surface area contributed by atoms with Crippen LogP contribution in [0.25, 0.3) is 0 Å². The molecule has 3 heterocycles. The highest BCUT2D eigenvalue weighted by Gasteiger charge is 2.24. The summed E-state index contributed by atoms with van der Waals surface area (Å²) in [7, 11) is 0. The number of carbonyl (C=O) groups is 2. The normalized spacial score (nSPS) is 19.2. The number of piperidine rings is 1. The van der Waals surface area contributed by atoms with E-state index in [1.54, 1.807) is 17.0 Å². The predicted octanol–water partition coefficient (Wildman–Crippen LogP) is 1.20. The van der Waals surface area contributed by atoms with Crippen molar-refractivity contribution in [2.75, 3.05) is 41.4 Å². The first-order valence-electron chi connectivity index (χ1n) is 9.50. The molecule has 0 radical (unpaired) electrons. The number of nitrogens with two attached hydrogens (primary N) is 2. The number of anilines is 4. The summed E-state index contributed by atoms with van der Waals surface area (Å²) in [6.07, 6.45) is 2.96. The maximum absolute atomic E-state index is 11.9. The highest BCUT2D eigenvalue weighted by atomic mass is 16.6. The van der Waals surface area contributed by atoms with Gasteiger partial charge in [0.2, 0.25) is 5.95 Å². The Morgan fingerprint density at radius 3 is 2.90 bits per heavy atom. The summed E-state index contributed by atoms with van der Waals surface area (Å²) in [4.78, 5) is 36.1. The van der Waals surface area contributed by atoms with Crippen LogP contribution in [0.4, 0.5) is 27.9 Å². The van der Waals surface area contributed by atoms with Gasteiger partial charge in [-0.25, -0.2) is 9.78 Å². The van der Waals surface area contributed by atoms with Gasteiger partial charge in [-0.3, -0.25) is 9.69 Å². The topological polar surface area (TPSA) is 140 Å². The Labute approximate surface area is 167 Å². The van der Waals surface area contributed by atoms with Crippen LogP contribution in [0.1, 0.15) is 23.2 Å². The van der Waals surface area contributed by atoms with E-state index in [0.29, 0.717) is 42.8 Å². The molecule has 0 bridgehead atoms. The minimum atomic E-state index is -0.631.